The Morgan fingerprint density at radius 3 is 2.55 bits per heavy atom. The Bertz CT molecular complexity index is 630. The molecule has 0 aromatic heterocycles. The molecule has 0 unspecified atom stereocenters. The lowest BCUT2D eigenvalue weighted by atomic mass is 10.1. The van der Waals surface area contributed by atoms with Gasteiger partial charge in [0.25, 0.3) is 0 Å². The molecule has 0 saturated heterocycles. The Morgan fingerprint density at radius 1 is 1.25 bits per heavy atom. The van der Waals surface area contributed by atoms with Gasteiger partial charge in [0, 0.05) is 6.04 Å². The Kier molecular flexibility index (Phi) is 4.34. The van der Waals surface area contributed by atoms with Crippen LogP contribution < -0.4 is 10.5 Å². The molecule has 3 nitrogen and oxygen atoms in total. The van der Waals surface area contributed by atoms with Crippen molar-refractivity contribution in [2.45, 2.75) is 19.6 Å². The average molecular weight is 270 g/mol. The SMILES string of the molecule is C[C@H](N)c1ccc(OCc2cc(F)cc(C#N)c2)cc1. The molecule has 0 aliphatic heterocycles. The first-order valence-corrected chi connectivity index (χ1v) is 6.26. The van der Waals surface area contributed by atoms with E-state index in [9.17, 15) is 4.39 Å². The first-order valence-electron chi connectivity index (χ1n) is 6.26. The summed E-state index contributed by atoms with van der Waals surface area (Å²) in [6.07, 6.45) is 0. The van der Waals surface area contributed by atoms with Crippen molar-refractivity contribution in [3.63, 3.8) is 0 Å². The molecule has 0 bridgehead atoms. The number of hydrogen-bond acceptors (Lipinski definition) is 3. The summed E-state index contributed by atoms with van der Waals surface area (Å²) in [5.41, 5.74) is 7.70. The van der Waals surface area contributed by atoms with Gasteiger partial charge in [-0.3, -0.25) is 0 Å². The molecule has 102 valence electrons. The van der Waals surface area contributed by atoms with E-state index in [1.54, 1.807) is 6.07 Å². The molecule has 0 spiro atoms. The van der Waals surface area contributed by atoms with Gasteiger partial charge in [-0.05, 0) is 48.4 Å². The van der Waals surface area contributed by atoms with Crippen molar-refractivity contribution in [1.29, 1.82) is 5.26 Å². The molecule has 0 heterocycles. The fourth-order valence-corrected chi connectivity index (χ4v) is 1.83. The van der Waals surface area contributed by atoms with Crippen LogP contribution in [-0.4, -0.2) is 0 Å². The van der Waals surface area contributed by atoms with Crippen LogP contribution in [0.3, 0.4) is 0 Å². The Morgan fingerprint density at radius 2 is 1.95 bits per heavy atom. The van der Waals surface area contributed by atoms with Crippen LogP contribution in [0.1, 0.15) is 29.7 Å². The molecule has 4 heteroatoms. The molecule has 0 fully saturated rings. The first-order chi connectivity index (χ1) is 9.58. The molecule has 1 atom stereocenters. The van der Waals surface area contributed by atoms with Gasteiger partial charge in [-0.15, -0.1) is 0 Å². The molecule has 0 amide bonds. The molecule has 0 radical (unpaired) electrons. The van der Waals surface area contributed by atoms with E-state index in [0.29, 0.717) is 11.3 Å². The van der Waals surface area contributed by atoms with Crippen LogP contribution in [0.15, 0.2) is 42.5 Å². The smallest absolute Gasteiger partial charge is 0.124 e. The lowest BCUT2D eigenvalue weighted by Crippen LogP contribution is -2.04. The van der Waals surface area contributed by atoms with E-state index in [1.165, 1.54) is 12.1 Å². The number of benzene rings is 2. The van der Waals surface area contributed by atoms with E-state index in [0.717, 1.165) is 5.56 Å². The zero-order valence-corrected chi connectivity index (χ0v) is 11.1. The van der Waals surface area contributed by atoms with Crippen LogP contribution in [0.2, 0.25) is 0 Å². The van der Waals surface area contributed by atoms with E-state index in [1.807, 2.05) is 37.3 Å². The summed E-state index contributed by atoms with van der Waals surface area (Å²) in [4.78, 5) is 0. The highest BCUT2D eigenvalue weighted by Gasteiger charge is 2.03. The van der Waals surface area contributed by atoms with Crippen molar-refractivity contribution in [1.82, 2.24) is 0 Å². The normalized spacial score (nSPS) is 11.7. The Labute approximate surface area is 117 Å². The molecule has 2 aromatic rings. The number of nitriles is 1. The van der Waals surface area contributed by atoms with E-state index < -0.39 is 5.82 Å². The quantitative estimate of drug-likeness (QED) is 0.927. The van der Waals surface area contributed by atoms with Crippen LogP contribution in [0, 0.1) is 17.1 Å². The van der Waals surface area contributed by atoms with Crippen LogP contribution in [0.5, 0.6) is 5.75 Å². The van der Waals surface area contributed by atoms with E-state index in [-0.39, 0.29) is 18.2 Å². The van der Waals surface area contributed by atoms with Gasteiger partial charge < -0.3 is 10.5 Å². The summed E-state index contributed by atoms with van der Waals surface area (Å²) in [5.74, 6) is 0.243. The maximum Gasteiger partial charge on any atom is 0.124 e. The van der Waals surface area contributed by atoms with Gasteiger partial charge in [0.05, 0.1) is 11.6 Å². The number of halogens is 1. The van der Waals surface area contributed by atoms with Gasteiger partial charge in [0.1, 0.15) is 18.2 Å². The van der Waals surface area contributed by atoms with Crippen molar-refractivity contribution < 1.29 is 9.13 Å². The van der Waals surface area contributed by atoms with Crippen LogP contribution >= 0.6 is 0 Å². The lowest BCUT2D eigenvalue weighted by Gasteiger charge is -2.09. The standard InChI is InChI=1S/C16H15FN2O/c1-11(19)14-2-4-16(5-3-14)20-10-13-6-12(9-18)7-15(17)8-13/h2-8,11H,10,19H2,1H3/t11-/m0/s1. The maximum absolute atomic E-state index is 13.3. The molecular formula is C16H15FN2O. The van der Waals surface area contributed by atoms with Gasteiger partial charge in [0.15, 0.2) is 0 Å². The summed E-state index contributed by atoms with van der Waals surface area (Å²) in [7, 11) is 0. The number of hydrogen-bond donors (Lipinski definition) is 1. The van der Waals surface area contributed by atoms with Crippen molar-refractivity contribution in [2.24, 2.45) is 5.73 Å². The second kappa shape index (κ2) is 6.18. The second-order valence-electron chi connectivity index (χ2n) is 4.61. The van der Waals surface area contributed by atoms with Gasteiger partial charge in [-0.1, -0.05) is 12.1 Å². The predicted molar refractivity (Wildman–Crippen MR) is 74.5 cm³/mol. The first kappa shape index (κ1) is 14.0. The lowest BCUT2D eigenvalue weighted by molar-refractivity contribution is 0.305. The molecule has 20 heavy (non-hydrogen) atoms. The number of rotatable bonds is 4. The monoisotopic (exact) mass is 270 g/mol. The molecule has 2 aromatic carbocycles. The molecule has 0 aliphatic carbocycles. The third-order valence-electron chi connectivity index (χ3n) is 2.90. The zero-order chi connectivity index (χ0) is 14.5. The highest BCUT2D eigenvalue weighted by molar-refractivity contribution is 5.34. The highest BCUT2D eigenvalue weighted by Crippen LogP contribution is 2.18. The summed E-state index contributed by atoms with van der Waals surface area (Å²) in [6, 6.07) is 13.5. The summed E-state index contributed by atoms with van der Waals surface area (Å²) < 4.78 is 18.8. The minimum Gasteiger partial charge on any atom is -0.489 e. The number of ether oxygens (including phenoxy) is 1. The van der Waals surface area contributed by atoms with Crippen molar-refractivity contribution in [2.75, 3.05) is 0 Å². The van der Waals surface area contributed by atoms with Crippen LogP contribution in [-0.2, 0) is 6.61 Å². The summed E-state index contributed by atoms with van der Waals surface area (Å²) in [5, 5.41) is 8.78. The number of nitrogens with zero attached hydrogens (tertiary/aromatic N) is 1. The van der Waals surface area contributed by atoms with Crippen LogP contribution in [0.25, 0.3) is 0 Å². The number of nitrogens with two attached hydrogens (primary N) is 1. The fourth-order valence-electron chi connectivity index (χ4n) is 1.83. The Hall–Kier alpha value is -2.38. The molecule has 2 rings (SSSR count). The highest BCUT2D eigenvalue weighted by atomic mass is 19.1. The van der Waals surface area contributed by atoms with Crippen LogP contribution in [0.4, 0.5) is 4.39 Å². The molecule has 0 aliphatic rings. The fraction of sp³-hybridized carbons (Fsp3) is 0.188. The minimum atomic E-state index is -0.435. The summed E-state index contributed by atoms with van der Waals surface area (Å²) in [6.45, 7) is 2.12. The largest absolute Gasteiger partial charge is 0.489 e. The van der Waals surface area contributed by atoms with Gasteiger partial charge >= 0.3 is 0 Å². The maximum atomic E-state index is 13.3. The van der Waals surface area contributed by atoms with E-state index >= 15 is 0 Å². The van der Waals surface area contributed by atoms with Gasteiger partial charge in [-0.2, -0.15) is 5.26 Å². The second-order valence-corrected chi connectivity index (χ2v) is 4.61. The topological polar surface area (TPSA) is 59.0 Å². The average Bonchev–Trinajstić information content (AvgIpc) is 2.45. The zero-order valence-electron chi connectivity index (χ0n) is 11.1. The van der Waals surface area contributed by atoms with Crippen molar-refractivity contribution in [3.8, 4) is 11.8 Å². The van der Waals surface area contributed by atoms with Gasteiger partial charge in [0.2, 0.25) is 0 Å². The molecule has 0 saturated carbocycles. The Balaban J connectivity index is 2.05. The minimum absolute atomic E-state index is 0.0227. The van der Waals surface area contributed by atoms with Gasteiger partial charge in [-0.25, -0.2) is 4.39 Å². The van der Waals surface area contributed by atoms with E-state index in [4.69, 9.17) is 15.7 Å². The summed E-state index contributed by atoms with van der Waals surface area (Å²) >= 11 is 0. The van der Waals surface area contributed by atoms with E-state index in [2.05, 4.69) is 0 Å². The third-order valence-corrected chi connectivity index (χ3v) is 2.90. The van der Waals surface area contributed by atoms with Crippen molar-refractivity contribution in [3.05, 3.63) is 65.0 Å². The molecular weight excluding hydrogens is 255 g/mol. The molecule has 2 N–H and O–H groups in total. The predicted octanol–water partition coefficient (Wildman–Crippen LogP) is 3.30. The van der Waals surface area contributed by atoms with Crippen molar-refractivity contribution >= 4 is 0 Å². The third kappa shape index (κ3) is 3.56.